The molecule has 4 nitrogen and oxygen atoms in total. The Bertz CT molecular complexity index is 775. The van der Waals surface area contributed by atoms with E-state index in [0.29, 0.717) is 6.42 Å². The van der Waals surface area contributed by atoms with Gasteiger partial charge in [-0.3, -0.25) is 0 Å². The number of nitrogens with one attached hydrogen (secondary N) is 1. The smallest absolute Gasteiger partial charge is 0.391 e. The minimum atomic E-state index is -4.46. The topological polar surface area (TPSA) is 66.4 Å². The second kappa shape index (κ2) is 7.99. The van der Waals surface area contributed by atoms with Gasteiger partial charge in [0.2, 0.25) is 10.0 Å². The summed E-state index contributed by atoms with van der Waals surface area (Å²) in [6.45, 7) is -0.169. The summed E-state index contributed by atoms with van der Waals surface area (Å²) in [4.78, 5) is 0. The van der Waals surface area contributed by atoms with Crippen LogP contribution in [0.3, 0.4) is 0 Å². The molecule has 2 N–H and O–H groups in total. The van der Waals surface area contributed by atoms with E-state index in [-0.39, 0.29) is 12.1 Å². The lowest BCUT2D eigenvalue weighted by Crippen LogP contribution is -2.34. The molecular formula is C17H18F3NO3S. The molecule has 0 aliphatic carbocycles. The summed E-state index contributed by atoms with van der Waals surface area (Å²) in [5, 5.41) is 9.91. The van der Waals surface area contributed by atoms with Crippen LogP contribution in [0.5, 0.6) is 0 Å². The standard InChI is InChI=1S/C17H18F3NO3S/c18-17(19,20)15-8-6-14(7-9-15)12-25(23,24)21-11-16(22)10-13-4-2-1-3-5-13/h1-9,16,21-22H,10-12H2. The number of sulfonamides is 1. The lowest BCUT2D eigenvalue weighted by Gasteiger charge is -2.13. The largest absolute Gasteiger partial charge is 0.416 e. The van der Waals surface area contributed by atoms with Crippen LogP contribution in [0.4, 0.5) is 13.2 Å². The number of alkyl halides is 3. The summed E-state index contributed by atoms with van der Waals surface area (Å²) in [5.41, 5.74) is 0.273. The summed E-state index contributed by atoms with van der Waals surface area (Å²) < 4.78 is 63.7. The highest BCUT2D eigenvalue weighted by Gasteiger charge is 2.30. The van der Waals surface area contributed by atoms with E-state index in [1.54, 1.807) is 0 Å². The number of aliphatic hydroxyl groups excluding tert-OH is 1. The zero-order chi connectivity index (χ0) is 18.5. The Hall–Kier alpha value is -1.90. The molecule has 0 amide bonds. The molecule has 0 aliphatic rings. The number of benzene rings is 2. The Morgan fingerprint density at radius 1 is 0.960 bits per heavy atom. The lowest BCUT2D eigenvalue weighted by molar-refractivity contribution is -0.137. The molecule has 2 aromatic rings. The molecule has 0 radical (unpaired) electrons. The third kappa shape index (κ3) is 6.49. The van der Waals surface area contributed by atoms with E-state index in [0.717, 1.165) is 29.8 Å². The molecule has 8 heteroatoms. The van der Waals surface area contributed by atoms with Gasteiger partial charge in [0.05, 0.1) is 17.4 Å². The van der Waals surface area contributed by atoms with Crippen molar-refractivity contribution >= 4 is 10.0 Å². The SMILES string of the molecule is O=S(=O)(Cc1ccc(C(F)(F)F)cc1)NCC(O)Cc1ccccc1. The van der Waals surface area contributed by atoms with Gasteiger partial charge < -0.3 is 5.11 Å². The normalized spacial score (nSPS) is 13.6. The van der Waals surface area contributed by atoms with Crippen LogP contribution in [0.15, 0.2) is 54.6 Å². The summed E-state index contributed by atoms with van der Waals surface area (Å²) in [6.07, 6.45) is -5.06. The van der Waals surface area contributed by atoms with Gasteiger partial charge in [-0.15, -0.1) is 0 Å². The van der Waals surface area contributed by atoms with E-state index in [9.17, 15) is 26.7 Å². The van der Waals surface area contributed by atoms with Gasteiger partial charge in [-0.2, -0.15) is 13.2 Å². The van der Waals surface area contributed by atoms with Crippen LogP contribution in [0.2, 0.25) is 0 Å². The molecule has 0 bridgehead atoms. The quantitative estimate of drug-likeness (QED) is 0.784. The van der Waals surface area contributed by atoms with Crippen molar-refractivity contribution in [3.63, 3.8) is 0 Å². The van der Waals surface area contributed by atoms with E-state index in [1.165, 1.54) is 0 Å². The molecule has 2 aromatic carbocycles. The van der Waals surface area contributed by atoms with Gasteiger partial charge in [-0.25, -0.2) is 13.1 Å². The van der Waals surface area contributed by atoms with Crippen LogP contribution in [-0.2, 0) is 28.4 Å². The van der Waals surface area contributed by atoms with Crippen molar-refractivity contribution in [2.45, 2.75) is 24.5 Å². The predicted octanol–water partition coefficient (Wildman–Crippen LogP) is 2.73. The predicted molar refractivity (Wildman–Crippen MR) is 88.2 cm³/mol. The first-order valence-corrected chi connectivity index (χ1v) is 9.16. The Morgan fingerprint density at radius 3 is 2.12 bits per heavy atom. The van der Waals surface area contributed by atoms with Crippen molar-refractivity contribution in [2.75, 3.05) is 6.54 Å². The summed E-state index contributed by atoms with van der Waals surface area (Å²) in [7, 11) is -3.76. The monoisotopic (exact) mass is 373 g/mol. The lowest BCUT2D eigenvalue weighted by atomic mass is 10.1. The molecule has 0 spiro atoms. The molecule has 1 atom stereocenters. The molecule has 0 aromatic heterocycles. The van der Waals surface area contributed by atoms with Crippen LogP contribution in [0, 0.1) is 0 Å². The van der Waals surface area contributed by atoms with Crippen LogP contribution in [-0.4, -0.2) is 26.2 Å². The summed E-state index contributed by atoms with van der Waals surface area (Å²) >= 11 is 0. The van der Waals surface area contributed by atoms with Gasteiger partial charge in [0, 0.05) is 6.54 Å². The third-order valence-electron chi connectivity index (χ3n) is 3.49. The van der Waals surface area contributed by atoms with Crippen LogP contribution in [0.25, 0.3) is 0 Å². The molecule has 0 saturated heterocycles. The molecular weight excluding hydrogens is 355 g/mol. The fourth-order valence-corrected chi connectivity index (χ4v) is 3.42. The molecule has 0 fully saturated rings. The first-order chi connectivity index (χ1) is 11.7. The Labute approximate surface area is 144 Å². The molecule has 25 heavy (non-hydrogen) atoms. The second-order valence-electron chi connectivity index (χ2n) is 5.65. The Morgan fingerprint density at radius 2 is 1.56 bits per heavy atom. The molecule has 0 saturated carbocycles. The highest BCUT2D eigenvalue weighted by atomic mass is 32.2. The fraction of sp³-hybridized carbons (Fsp3) is 0.294. The van der Waals surface area contributed by atoms with Gasteiger partial charge in [-0.1, -0.05) is 42.5 Å². The van der Waals surface area contributed by atoms with E-state index < -0.39 is 33.6 Å². The van der Waals surface area contributed by atoms with Gasteiger partial charge >= 0.3 is 6.18 Å². The number of halogens is 3. The molecule has 0 heterocycles. The highest BCUT2D eigenvalue weighted by molar-refractivity contribution is 7.88. The van der Waals surface area contributed by atoms with Crippen LogP contribution >= 0.6 is 0 Å². The second-order valence-corrected chi connectivity index (χ2v) is 7.45. The average molecular weight is 373 g/mol. The molecule has 2 rings (SSSR count). The summed E-state index contributed by atoms with van der Waals surface area (Å²) in [5.74, 6) is -0.455. The number of hydrogen-bond acceptors (Lipinski definition) is 3. The van der Waals surface area contributed by atoms with Crippen molar-refractivity contribution in [3.05, 3.63) is 71.3 Å². The van der Waals surface area contributed by atoms with Crippen molar-refractivity contribution in [1.29, 1.82) is 0 Å². The zero-order valence-electron chi connectivity index (χ0n) is 13.2. The van der Waals surface area contributed by atoms with Crippen molar-refractivity contribution < 1.29 is 26.7 Å². The van der Waals surface area contributed by atoms with Gasteiger partial charge in [0.25, 0.3) is 0 Å². The minimum Gasteiger partial charge on any atom is -0.391 e. The van der Waals surface area contributed by atoms with Crippen molar-refractivity contribution in [1.82, 2.24) is 4.72 Å². The van der Waals surface area contributed by atoms with Gasteiger partial charge in [0.15, 0.2) is 0 Å². The van der Waals surface area contributed by atoms with E-state index in [1.807, 2.05) is 30.3 Å². The van der Waals surface area contributed by atoms with Gasteiger partial charge in [-0.05, 0) is 29.7 Å². The van der Waals surface area contributed by atoms with Gasteiger partial charge in [0.1, 0.15) is 0 Å². The minimum absolute atomic E-state index is 0.169. The maximum atomic E-state index is 12.5. The highest BCUT2D eigenvalue weighted by Crippen LogP contribution is 2.29. The first kappa shape index (κ1) is 19.4. The first-order valence-electron chi connectivity index (χ1n) is 7.51. The molecule has 1 unspecified atom stereocenters. The van der Waals surface area contributed by atoms with Crippen LogP contribution < -0.4 is 4.72 Å². The van der Waals surface area contributed by atoms with E-state index in [4.69, 9.17) is 0 Å². The van der Waals surface area contributed by atoms with E-state index in [2.05, 4.69) is 4.72 Å². The molecule has 136 valence electrons. The third-order valence-corrected chi connectivity index (χ3v) is 4.81. The number of rotatable bonds is 7. The number of hydrogen-bond donors (Lipinski definition) is 2. The maximum absolute atomic E-state index is 12.5. The Balaban J connectivity index is 1.89. The number of aliphatic hydroxyl groups is 1. The summed E-state index contributed by atoms with van der Waals surface area (Å²) in [6, 6.07) is 13.0. The van der Waals surface area contributed by atoms with Crippen molar-refractivity contribution in [2.24, 2.45) is 0 Å². The Kier molecular flexibility index (Phi) is 6.21. The van der Waals surface area contributed by atoms with Crippen LogP contribution in [0.1, 0.15) is 16.7 Å². The zero-order valence-corrected chi connectivity index (χ0v) is 14.0. The maximum Gasteiger partial charge on any atom is 0.416 e. The fourth-order valence-electron chi connectivity index (χ4n) is 2.24. The molecule has 0 aliphatic heterocycles. The van der Waals surface area contributed by atoms with Crippen molar-refractivity contribution in [3.8, 4) is 0 Å². The van der Waals surface area contributed by atoms with E-state index >= 15 is 0 Å². The average Bonchev–Trinajstić information content (AvgIpc) is 2.53.